The maximum atomic E-state index is 10.9. The highest BCUT2D eigenvalue weighted by Crippen LogP contribution is 2.20. The lowest BCUT2D eigenvalue weighted by molar-refractivity contribution is 0.383. The molecule has 0 spiro atoms. The molecule has 0 amide bonds. The molecule has 0 aromatic carbocycles. The molecule has 66 valence electrons. The quantitative estimate of drug-likeness (QED) is 0.672. The van der Waals surface area contributed by atoms with Gasteiger partial charge in [-0.2, -0.15) is 0 Å². The van der Waals surface area contributed by atoms with E-state index in [2.05, 4.69) is 0 Å². The fourth-order valence-electron chi connectivity index (χ4n) is 0.882. The van der Waals surface area contributed by atoms with Crippen LogP contribution in [0.15, 0.2) is 21.5 Å². The Bertz CT molecular complexity index is 318. The molecule has 12 heavy (non-hydrogen) atoms. The van der Waals surface area contributed by atoms with Gasteiger partial charge in [-0.1, -0.05) is 6.92 Å². The van der Waals surface area contributed by atoms with Crippen molar-refractivity contribution in [1.29, 1.82) is 0 Å². The van der Waals surface area contributed by atoms with Gasteiger partial charge in [-0.3, -0.25) is 4.79 Å². The number of hydrogen-bond donors (Lipinski definition) is 2. The van der Waals surface area contributed by atoms with E-state index < -0.39 is 5.43 Å². The van der Waals surface area contributed by atoms with E-state index in [0.717, 1.165) is 0 Å². The molecule has 0 saturated carbocycles. The van der Waals surface area contributed by atoms with Gasteiger partial charge < -0.3 is 15.3 Å². The van der Waals surface area contributed by atoms with E-state index in [1.807, 2.05) is 0 Å². The number of rotatable bonds is 2. The first kappa shape index (κ1) is 8.80. The fraction of sp³-hybridized carbons (Fsp3) is 0.375. The molecule has 0 aliphatic rings. The summed E-state index contributed by atoms with van der Waals surface area (Å²) < 4.78 is 4.96. The van der Waals surface area contributed by atoms with E-state index in [-0.39, 0.29) is 17.4 Å². The Morgan fingerprint density at radius 2 is 2.42 bits per heavy atom. The van der Waals surface area contributed by atoms with Crippen molar-refractivity contribution >= 4 is 0 Å². The zero-order valence-electron chi connectivity index (χ0n) is 6.78. The molecule has 0 radical (unpaired) electrons. The number of hydrogen-bond acceptors (Lipinski definition) is 4. The summed E-state index contributed by atoms with van der Waals surface area (Å²) in [5.74, 6) is -0.223. The third-order valence-corrected chi connectivity index (χ3v) is 1.68. The summed E-state index contributed by atoms with van der Waals surface area (Å²) in [5.41, 5.74) is 4.92. The van der Waals surface area contributed by atoms with Crippen molar-refractivity contribution in [3.8, 4) is 5.75 Å². The molecule has 1 heterocycles. The second-order valence-corrected chi connectivity index (χ2v) is 2.63. The van der Waals surface area contributed by atoms with Crippen LogP contribution in [0.3, 0.4) is 0 Å². The van der Waals surface area contributed by atoms with Crippen molar-refractivity contribution in [3.05, 3.63) is 28.3 Å². The fourth-order valence-corrected chi connectivity index (χ4v) is 0.882. The summed E-state index contributed by atoms with van der Waals surface area (Å²) in [6, 6.07) is 1.17. The molecule has 1 atom stereocenters. The average Bonchev–Trinajstić information content (AvgIpc) is 2.08. The van der Waals surface area contributed by atoms with Crippen molar-refractivity contribution in [2.45, 2.75) is 12.8 Å². The zero-order chi connectivity index (χ0) is 9.14. The highest BCUT2D eigenvalue weighted by Gasteiger charge is 2.13. The largest absolute Gasteiger partial charge is 0.502 e. The maximum absolute atomic E-state index is 10.9. The number of nitrogens with two attached hydrogens (primary N) is 1. The zero-order valence-corrected chi connectivity index (χ0v) is 6.78. The van der Waals surface area contributed by atoms with E-state index in [9.17, 15) is 9.90 Å². The molecule has 0 saturated heterocycles. The summed E-state index contributed by atoms with van der Waals surface area (Å²) in [4.78, 5) is 10.9. The molecule has 1 aromatic heterocycles. The minimum absolute atomic E-state index is 0.140. The standard InChI is InChI=1S/C8H11NO3/c1-5(4-9)8-7(11)6(10)2-3-12-8/h2-3,5,11H,4,9H2,1H3. The van der Waals surface area contributed by atoms with Gasteiger partial charge in [0.25, 0.3) is 0 Å². The summed E-state index contributed by atoms with van der Waals surface area (Å²) in [5, 5.41) is 9.24. The van der Waals surface area contributed by atoms with Crippen molar-refractivity contribution < 1.29 is 9.52 Å². The van der Waals surface area contributed by atoms with E-state index in [4.69, 9.17) is 10.2 Å². The highest BCUT2D eigenvalue weighted by molar-refractivity contribution is 5.25. The van der Waals surface area contributed by atoms with Crippen LogP contribution in [0.1, 0.15) is 18.6 Å². The Morgan fingerprint density at radius 3 is 3.00 bits per heavy atom. The molecule has 0 fully saturated rings. The predicted octanol–water partition coefficient (Wildman–Crippen LogP) is 0.408. The van der Waals surface area contributed by atoms with Crippen LogP contribution >= 0.6 is 0 Å². The topological polar surface area (TPSA) is 76.5 Å². The second kappa shape index (κ2) is 3.40. The summed E-state index contributed by atoms with van der Waals surface area (Å²) in [7, 11) is 0. The monoisotopic (exact) mass is 169 g/mol. The Morgan fingerprint density at radius 1 is 1.75 bits per heavy atom. The SMILES string of the molecule is CC(CN)c1occc(=O)c1O. The van der Waals surface area contributed by atoms with Crippen molar-refractivity contribution in [1.82, 2.24) is 0 Å². The van der Waals surface area contributed by atoms with Crippen LogP contribution in [0.25, 0.3) is 0 Å². The molecule has 0 bridgehead atoms. The molecule has 0 aliphatic carbocycles. The lowest BCUT2D eigenvalue weighted by Crippen LogP contribution is -2.11. The Kier molecular flexibility index (Phi) is 2.50. The maximum Gasteiger partial charge on any atom is 0.226 e. The minimum atomic E-state index is -0.434. The lowest BCUT2D eigenvalue weighted by atomic mass is 10.1. The van der Waals surface area contributed by atoms with E-state index in [1.54, 1.807) is 6.92 Å². The molecule has 4 heteroatoms. The third kappa shape index (κ3) is 1.48. The van der Waals surface area contributed by atoms with Crippen molar-refractivity contribution in [3.63, 3.8) is 0 Å². The second-order valence-electron chi connectivity index (χ2n) is 2.63. The van der Waals surface area contributed by atoms with Gasteiger partial charge in [0.1, 0.15) is 0 Å². The molecular formula is C8H11NO3. The van der Waals surface area contributed by atoms with Crippen LogP contribution in [0.2, 0.25) is 0 Å². The molecule has 1 unspecified atom stereocenters. The minimum Gasteiger partial charge on any atom is -0.502 e. The number of aromatic hydroxyl groups is 1. The Balaban J connectivity index is 3.16. The molecular weight excluding hydrogens is 158 g/mol. The average molecular weight is 169 g/mol. The van der Waals surface area contributed by atoms with Crippen molar-refractivity contribution in [2.75, 3.05) is 6.54 Å². The van der Waals surface area contributed by atoms with Crippen molar-refractivity contribution in [2.24, 2.45) is 5.73 Å². The van der Waals surface area contributed by atoms with E-state index in [1.165, 1.54) is 12.3 Å². The molecule has 4 nitrogen and oxygen atoms in total. The van der Waals surface area contributed by atoms with Gasteiger partial charge >= 0.3 is 0 Å². The molecule has 0 aliphatic heterocycles. The van der Waals surface area contributed by atoms with Gasteiger partial charge in [0.2, 0.25) is 11.2 Å². The summed E-state index contributed by atoms with van der Waals surface area (Å²) in [6.07, 6.45) is 1.25. The van der Waals surface area contributed by atoms with Gasteiger partial charge in [0.05, 0.1) is 6.26 Å². The first-order valence-electron chi connectivity index (χ1n) is 3.67. The van der Waals surface area contributed by atoms with Gasteiger partial charge in [0, 0.05) is 18.5 Å². The van der Waals surface area contributed by atoms with E-state index >= 15 is 0 Å². The smallest absolute Gasteiger partial charge is 0.226 e. The highest BCUT2D eigenvalue weighted by atomic mass is 16.4. The third-order valence-electron chi connectivity index (χ3n) is 1.68. The van der Waals surface area contributed by atoms with Gasteiger partial charge in [-0.05, 0) is 0 Å². The summed E-state index contributed by atoms with van der Waals surface area (Å²) in [6.45, 7) is 2.11. The van der Waals surface area contributed by atoms with Gasteiger partial charge in [0.15, 0.2) is 5.76 Å². The Hall–Kier alpha value is -1.29. The predicted molar refractivity (Wildman–Crippen MR) is 44.1 cm³/mol. The van der Waals surface area contributed by atoms with Gasteiger partial charge in [-0.25, -0.2) is 0 Å². The molecule has 1 aromatic rings. The summed E-state index contributed by atoms with van der Waals surface area (Å²) >= 11 is 0. The van der Waals surface area contributed by atoms with Crippen LogP contribution in [0, 0.1) is 0 Å². The first-order valence-corrected chi connectivity index (χ1v) is 3.67. The van der Waals surface area contributed by atoms with Crippen LogP contribution in [0.4, 0.5) is 0 Å². The molecule has 1 rings (SSSR count). The lowest BCUT2D eigenvalue weighted by Gasteiger charge is -2.07. The van der Waals surface area contributed by atoms with Crippen LogP contribution in [-0.2, 0) is 0 Å². The van der Waals surface area contributed by atoms with Crippen LogP contribution in [0.5, 0.6) is 5.75 Å². The van der Waals surface area contributed by atoms with Crippen LogP contribution < -0.4 is 11.2 Å². The van der Waals surface area contributed by atoms with Gasteiger partial charge in [-0.15, -0.1) is 0 Å². The van der Waals surface area contributed by atoms with E-state index in [0.29, 0.717) is 6.54 Å². The van der Waals surface area contributed by atoms with Crippen LogP contribution in [-0.4, -0.2) is 11.7 Å². The molecule has 3 N–H and O–H groups in total. The Labute approximate surface area is 69.6 Å². The first-order chi connectivity index (χ1) is 5.66. The normalized spacial score (nSPS) is 12.8.